The summed E-state index contributed by atoms with van der Waals surface area (Å²) in [5.41, 5.74) is 5.50. The number of hydrogen-bond donors (Lipinski definition) is 1. The van der Waals surface area contributed by atoms with Gasteiger partial charge in [0.1, 0.15) is 5.75 Å². The number of halogens is 1. The van der Waals surface area contributed by atoms with Gasteiger partial charge in [-0.3, -0.25) is 4.90 Å². The molecule has 0 aromatic heterocycles. The molecule has 5 rings (SSSR count). The normalized spacial score (nSPS) is 25.7. The molecule has 1 saturated carbocycles. The summed E-state index contributed by atoms with van der Waals surface area (Å²) in [6, 6.07) is 13.3. The Morgan fingerprint density at radius 3 is 2.75 bits per heavy atom. The van der Waals surface area contributed by atoms with Crippen molar-refractivity contribution in [2.45, 2.75) is 37.6 Å². The summed E-state index contributed by atoms with van der Waals surface area (Å²) in [5, 5.41) is 10.7. The van der Waals surface area contributed by atoms with E-state index in [1.165, 1.54) is 41.6 Å². The van der Waals surface area contributed by atoms with Crippen molar-refractivity contribution in [3.05, 3.63) is 63.7 Å². The average Bonchev–Trinajstić information content (AvgIpc) is 3.33. The quantitative estimate of drug-likeness (QED) is 0.878. The molecule has 2 aromatic carbocycles. The van der Waals surface area contributed by atoms with Gasteiger partial charge >= 0.3 is 0 Å². The zero-order valence-corrected chi connectivity index (χ0v) is 14.5. The topological polar surface area (TPSA) is 23.5 Å². The Kier molecular flexibility index (Phi) is 3.39. The third-order valence-electron chi connectivity index (χ3n) is 6.07. The monoisotopic (exact) mass is 339 g/mol. The third kappa shape index (κ3) is 2.35. The summed E-state index contributed by atoms with van der Waals surface area (Å²) < 4.78 is 0. The minimum absolute atomic E-state index is 0.217. The van der Waals surface area contributed by atoms with Crippen molar-refractivity contribution < 1.29 is 5.11 Å². The molecular weight excluding hydrogens is 318 g/mol. The van der Waals surface area contributed by atoms with E-state index in [9.17, 15) is 5.11 Å². The summed E-state index contributed by atoms with van der Waals surface area (Å²) in [4.78, 5) is 2.72. The molecular formula is C21H22ClNO. The Bertz CT molecular complexity index is 798. The maximum Gasteiger partial charge on any atom is 0.134 e. The molecule has 0 saturated heterocycles. The van der Waals surface area contributed by atoms with Crippen molar-refractivity contribution in [1.82, 2.24) is 4.90 Å². The van der Waals surface area contributed by atoms with Crippen LogP contribution in [-0.2, 0) is 12.8 Å². The van der Waals surface area contributed by atoms with Gasteiger partial charge in [-0.05, 0) is 66.0 Å². The third-order valence-corrected chi connectivity index (χ3v) is 6.38. The number of phenolic OH excluding ortho intramolecular Hbond substituents is 1. The van der Waals surface area contributed by atoms with E-state index in [1.54, 1.807) is 0 Å². The van der Waals surface area contributed by atoms with Crippen LogP contribution in [0.5, 0.6) is 5.75 Å². The summed E-state index contributed by atoms with van der Waals surface area (Å²) in [6.45, 7) is 2.32. The van der Waals surface area contributed by atoms with Gasteiger partial charge in [-0.1, -0.05) is 35.9 Å². The molecule has 2 nitrogen and oxygen atoms in total. The summed E-state index contributed by atoms with van der Waals surface area (Å²) >= 11 is 6.21. The summed E-state index contributed by atoms with van der Waals surface area (Å²) in [7, 11) is 0. The van der Waals surface area contributed by atoms with Crippen molar-refractivity contribution in [2.75, 3.05) is 13.1 Å². The highest BCUT2D eigenvalue weighted by atomic mass is 35.5. The Labute approximate surface area is 148 Å². The molecule has 0 bridgehead atoms. The Morgan fingerprint density at radius 1 is 1.08 bits per heavy atom. The fourth-order valence-electron chi connectivity index (χ4n) is 4.70. The Morgan fingerprint density at radius 2 is 1.92 bits per heavy atom. The second kappa shape index (κ2) is 5.50. The summed E-state index contributed by atoms with van der Waals surface area (Å²) in [6.07, 6.45) is 4.93. The number of aromatic hydroxyl groups is 1. The molecule has 2 aliphatic carbocycles. The van der Waals surface area contributed by atoms with Gasteiger partial charge in [-0.2, -0.15) is 0 Å². The largest absolute Gasteiger partial charge is 0.506 e. The van der Waals surface area contributed by atoms with Gasteiger partial charge in [0.05, 0.1) is 5.02 Å². The van der Waals surface area contributed by atoms with Crippen LogP contribution < -0.4 is 0 Å². The minimum atomic E-state index is 0.217. The van der Waals surface area contributed by atoms with E-state index in [0.29, 0.717) is 17.0 Å². The van der Waals surface area contributed by atoms with Crippen molar-refractivity contribution in [1.29, 1.82) is 0 Å². The molecule has 24 heavy (non-hydrogen) atoms. The van der Waals surface area contributed by atoms with Gasteiger partial charge in [0, 0.05) is 25.0 Å². The van der Waals surface area contributed by atoms with Crippen LogP contribution in [0.3, 0.4) is 0 Å². The Balaban J connectivity index is 1.64. The first kappa shape index (κ1) is 14.8. The van der Waals surface area contributed by atoms with Crippen molar-refractivity contribution in [3.8, 4) is 5.75 Å². The first-order valence-corrected chi connectivity index (χ1v) is 9.41. The van der Waals surface area contributed by atoms with Crippen LogP contribution >= 0.6 is 11.6 Å². The number of nitrogens with zero attached hydrogens (tertiary/aromatic N) is 1. The van der Waals surface area contributed by atoms with Crippen LogP contribution in [0.4, 0.5) is 0 Å². The molecule has 3 heteroatoms. The van der Waals surface area contributed by atoms with Gasteiger partial charge < -0.3 is 5.11 Å². The number of benzene rings is 2. The number of rotatable bonds is 2. The molecule has 0 unspecified atom stereocenters. The highest BCUT2D eigenvalue weighted by molar-refractivity contribution is 6.32. The van der Waals surface area contributed by atoms with Crippen LogP contribution in [0.2, 0.25) is 5.02 Å². The molecule has 1 heterocycles. The molecule has 124 valence electrons. The van der Waals surface area contributed by atoms with E-state index >= 15 is 0 Å². The highest BCUT2D eigenvalue weighted by Gasteiger charge is 2.41. The maximum atomic E-state index is 10.2. The molecule has 0 radical (unpaired) electrons. The van der Waals surface area contributed by atoms with Crippen LogP contribution in [0.15, 0.2) is 36.4 Å². The summed E-state index contributed by atoms with van der Waals surface area (Å²) in [5.74, 6) is 1.47. The molecule has 0 spiro atoms. The van der Waals surface area contributed by atoms with E-state index in [2.05, 4.69) is 29.2 Å². The second-order valence-electron chi connectivity index (χ2n) is 7.64. The van der Waals surface area contributed by atoms with Gasteiger partial charge in [0.15, 0.2) is 0 Å². The molecule has 1 fully saturated rings. The predicted octanol–water partition coefficient (Wildman–Crippen LogP) is 4.37. The molecule has 1 N–H and O–H groups in total. The van der Waals surface area contributed by atoms with Gasteiger partial charge in [0.2, 0.25) is 0 Å². The predicted molar refractivity (Wildman–Crippen MR) is 96.9 cm³/mol. The first-order chi connectivity index (χ1) is 11.7. The van der Waals surface area contributed by atoms with Crippen LogP contribution in [0.25, 0.3) is 0 Å². The van der Waals surface area contributed by atoms with Crippen LogP contribution in [-0.4, -0.2) is 29.1 Å². The average molecular weight is 340 g/mol. The van der Waals surface area contributed by atoms with E-state index in [-0.39, 0.29) is 5.75 Å². The lowest BCUT2D eigenvalue weighted by atomic mass is 9.87. The number of hydrogen-bond acceptors (Lipinski definition) is 2. The molecule has 2 aromatic rings. The SMILES string of the molecule is Oc1cc2c(cc1Cl)CCN(CC1CC1)[C@@H]1Cc3ccccc3[C@@H]21. The van der Waals surface area contributed by atoms with Crippen molar-refractivity contribution in [2.24, 2.45) is 5.92 Å². The fraction of sp³-hybridized carbons (Fsp3) is 0.429. The smallest absolute Gasteiger partial charge is 0.134 e. The molecule has 3 aliphatic rings. The standard InChI is InChI=1S/C21H22ClNO/c22-18-9-15-7-8-23(12-13-5-6-13)19-10-14-3-1-2-4-16(14)21(19)17(15)11-20(18)24/h1-4,9,11,13,19,21,24H,5-8,10,12H2/t19-,21+/m1/s1. The van der Waals surface area contributed by atoms with E-state index in [1.807, 2.05) is 12.1 Å². The zero-order chi connectivity index (χ0) is 16.3. The second-order valence-corrected chi connectivity index (χ2v) is 8.05. The maximum absolute atomic E-state index is 10.2. The lowest BCUT2D eigenvalue weighted by Gasteiger charge is -2.31. The Hall–Kier alpha value is -1.51. The lowest BCUT2D eigenvalue weighted by Crippen LogP contribution is -2.39. The molecule has 2 atom stereocenters. The van der Waals surface area contributed by atoms with Crippen molar-refractivity contribution >= 4 is 11.6 Å². The highest BCUT2D eigenvalue weighted by Crippen LogP contribution is 2.46. The number of phenols is 1. The fourth-order valence-corrected chi connectivity index (χ4v) is 4.89. The molecule has 0 amide bonds. The number of fused-ring (bicyclic) bond motifs is 5. The van der Waals surface area contributed by atoms with Gasteiger partial charge in [0.25, 0.3) is 0 Å². The van der Waals surface area contributed by atoms with Gasteiger partial charge in [-0.15, -0.1) is 0 Å². The minimum Gasteiger partial charge on any atom is -0.506 e. The lowest BCUT2D eigenvalue weighted by molar-refractivity contribution is 0.189. The first-order valence-electron chi connectivity index (χ1n) is 9.04. The van der Waals surface area contributed by atoms with Crippen LogP contribution in [0.1, 0.15) is 41.0 Å². The van der Waals surface area contributed by atoms with Crippen molar-refractivity contribution in [3.63, 3.8) is 0 Å². The van der Waals surface area contributed by atoms with E-state index in [4.69, 9.17) is 11.6 Å². The van der Waals surface area contributed by atoms with Gasteiger partial charge in [-0.25, -0.2) is 0 Å². The van der Waals surface area contributed by atoms with E-state index in [0.717, 1.165) is 25.3 Å². The molecule has 1 aliphatic heterocycles. The zero-order valence-electron chi connectivity index (χ0n) is 13.7. The van der Waals surface area contributed by atoms with E-state index < -0.39 is 0 Å². The van der Waals surface area contributed by atoms with Crippen LogP contribution in [0, 0.1) is 5.92 Å².